The van der Waals surface area contributed by atoms with Crippen LogP contribution in [0.1, 0.15) is 58.9 Å². The fourth-order valence-corrected chi connectivity index (χ4v) is 14.2. The van der Waals surface area contributed by atoms with Crippen LogP contribution in [0.25, 0.3) is 43.6 Å². The highest BCUT2D eigenvalue weighted by molar-refractivity contribution is 8.26. The van der Waals surface area contributed by atoms with Crippen LogP contribution in [-0.4, -0.2) is 170 Å². The first-order valence-electron chi connectivity index (χ1n) is 38.4. The Morgan fingerprint density at radius 1 is 0.530 bits per heavy atom. The van der Waals surface area contributed by atoms with Gasteiger partial charge in [0.1, 0.15) is 48.1 Å². The number of carbonyl (C=O) groups excluding carboxylic acids is 2. The Hall–Kier alpha value is -10.8. The number of carbonyl (C=O) groups is 2. The highest BCUT2D eigenvalue weighted by Gasteiger charge is 2.31. The Morgan fingerprint density at radius 3 is 1.30 bits per heavy atom. The zero-order valence-corrected chi connectivity index (χ0v) is 81.4. The van der Waals surface area contributed by atoms with E-state index in [0.717, 1.165) is 38.6 Å². The molecule has 2 aliphatic rings. The lowest BCUT2D eigenvalue weighted by molar-refractivity contribution is -0.132. The number of nitrogen functional groups attached to an aromatic ring is 1. The van der Waals surface area contributed by atoms with Crippen molar-refractivity contribution in [2.45, 2.75) is 83.0 Å². The molecule has 0 radical (unpaired) electrons. The number of fused-ring (bicyclic) bond motifs is 4. The van der Waals surface area contributed by atoms with Crippen molar-refractivity contribution in [1.29, 1.82) is 0 Å². The number of aliphatic hydroxyl groups excluding tert-OH is 1. The van der Waals surface area contributed by atoms with Crippen LogP contribution in [0.15, 0.2) is 156 Å². The van der Waals surface area contributed by atoms with Gasteiger partial charge < -0.3 is 97.0 Å². The number of aromatic hydroxyl groups is 2. The van der Waals surface area contributed by atoms with Crippen molar-refractivity contribution in [3.63, 3.8) is 0 Å². The molecule has 15 rings (SSSR count). The molecule has 2 saturated heterocycles. The summed E-state index contributed by atoms with van der Waals surface area (Å²) >= 11 is 45.8. The number of hydrogen-bond acceptors (Lipinski definition) is 30. The van der Waals surface area contributed by atoms with Crippen LogP contribution in [-0.2, 0) is 33.1 Å². The average Bonchev–Trinajstić information content (AvgIpc) is 0.795. The van der Waals surface area contributed by atoms with E-state index in [0.29, 0.717) is 104 Å². The third kappa shape index (κ3) is 31.1. The van der Waals surface area contributed by atoms with Crippen molar-refractivity contribution in [1.82, 2.24) is 56.2 Å². The molecule has 0 spiro atoms. The number of nitrogens with two attached hydrogens (primary N) is 1. The van der Waals surface area contributed by atoms with E-state index in [1.54, 1.807) is 60.5 Å². The third-order valence-electron chi connectivity index (χ3n) is 18.1. The summed E-state index contributed by atoms with van der Waals surface area (Å²) in [4.78, 5) is 67.6. The molecule has 0 bridgehead atoms. The number of amides is 1. The summed E-state index contributed by atoms with van der Waals surface area (Å²) in [6.07, 6.45) is 7.37. The van der Waals surface area contributed by atoms with Gasteiger partial charge in [0.05, 0.1) is 136 Å². The second-order valence-corrected chi connectivity index (χ2v) is 35.4. The molecular weight excluding hydrogens is 2010 g/mol. The number of anilines is 7. The van der Waals surface area contributed by atoms with Crippen molar-refractivity contribution in [3.8, 4) is 46.0 Å². The Labute approximate surface area is 815 Å². The average molecular weight is 2100 g/mol. The van der Waals surface area contributed by atoms with Crippen LogP contribution in [0, 0.1) is 30.2 Å². The number of phenols is 2. The van der Waals surface area contributed by atoms with Gasteiger partial charge in [-0.05, 0) is 151 Å². The van der Waals surface area contributed by atoms with Gasteiger partial charge in [-0.1, -0.05) is 111 Å². The number of phenolic OH excluding ortho intramolecular Hbond substituents is 2. The Morgan fingerprint density at radius 2 is 0.903 bits per heavy atom. The zero-order valence-electron chi connectivity index (χ0n) is 72.2. The van der Waals surface area contributed by atoms with E-state index < -0.39 is 60.3 Å². The summed E-state index contributed by atoms with van der Waals surface area (Å²) in [6, 6.07) is 30.8. The topological polar surface area (TPSA) is 487 Å². The molecule has 0 atom stereocenters. The second kappa shape index (κ2) is 52.3. The van der Waals surface area contributed by atoms with Crippen LogP contribution in [0.3, 0.4) is 0 Å². The van der Waals surface area contributed by atoms with Gasteiger partial charge in [0.15, 0.2) is 69.3 Å². The van der Waals surface area contributed by atoms with Gasteiger partial charge in [0, 0.05) is 88.9 Å². The number of esters is 1. The molecule has 0 saturated carbocycles. The number of halogens is 14. The number of nitrogens with one attached hydrogen (secondary N) is 5. The number of H-pyrrole nitrogens is 1. The molecule has 0 aliphatic carbocycles. The predicted molar refractivity (Wildman–Crippen MR) is 515 cm³/mol. The number of nitrogens with zero attached hydrogens (tertiary/aromatic N) is 8. The Balaban J connectivity index is 0.000000248. The molecule has 9 aromatic carbocycles. The van der Waals surface area contributed by atoms with E-state index in [2.05, 4.69) is 82.5 Å². The first kappa shape index (κ1) is 112. The van der Waals surface area contributed by atoms with Crippen molar-refractivity contribution in [2.75, 3.05) is 83.4 Å². The number of likely N-dealkylation sites (tertiary alicyclic amines) is 1. The quantitative estimate of drug-likeness (QED) is 0.00817. The van der Waals surface area contributed by atoms with Crippen LogP contribution >= 0.6 is 114 Å². The van der Waals surface area contributed by atoms with Crippen LogP contribution < -0.4 is 67.1 Å². The number of aromatic nitrogens is 8. The summed E-state index contributed by atoms with van der Waals surface area (Å²) in [7, 11) is 10.5. The van der Waals surface area contributed by atoms with Crippen molar-refractivity contribution in [3.05, 3.63) is 226 Å². The SMILES string of the molecule is CO.COc1cc2nc[nH]c(=O)c2cc1OC(C)=O.COc1cc2ncnc(Nc3ccc(Cl)c(Cl)c3F)c2cc1O.COc1cc2ncnc(Nc3ccc(Cl)c(Cl)c3F)c2cc1O.COc1cc2ncnc(Nc3ccc(Cl)c(Cl)c3F)c2cc1OC1CCNCC1.Cc1ccc(S(=O)(=O)OC2CCN(C(=O)OC(C)(C)C)CC2)cc1.N.Nc1ccc(Cl)c(Cl)c1F.O.O=S(Cl)Cl. The summed E-state index contributed by atoms with van der Waals surface area (Å²) in [6.45, 7) is 11.3. The fourth-order valence-electron chi connectivity index (χ4n) is 11.8. The normalized spacial score (nSPS) is 12.3. The van der Waals surface area contributed by atoms with E-state index in [1.165, 1.54) is 120 Å². The minimum Gasteiger partial charge on any atom is -0.504 e. The lowest BCUT2D eigenvalue weighted by Crippen LogP contribution is -2.43. The molecule has 0 unspecified atom stereocenters. The number of aromatic amines is 1. The number of methoxy groups -OCH3 is 4. The summed E-state index contributed by atoms with van der Waals surface area (Å²) in [5, 5.41) is 40.7. The molecule has 15 N–H and O–H groups in total. The minimum absolute atomic E-state index is 0. The second-order valence-electron chi connectivity index (χ2n) is 28.2. The molecule has 1 amide bonds. The monoisotopic (exact) mass is 2100 g/mol. The maximum Gasteiger partial charge on any atom is 0.410 e. The zero-order chi connectivity index (χ0) is 97.2. The molecule has 134 heavy (non-hydrogen) atoms. The van der Waals surface area contributed by atoms with Gasteiger partial charge >= 0.3 is 12.1 Å². The van der Waals surface area contributed by atoms with Gasteiger partial charge in [-0.15, -0.1) is 0 Å². The minimum atomic E-state index is -3.78. The molecule has 4 aromatic heterocycles. The van der Waals surface area contributed by atoms with Gasteiger partial charge in [-0.25, -0.2) is 61.5 Å². The van der Waals surface area contributed by atoms with E-state index in [1.807, 2.05) is 33.8 Å². The lowest BCUT2D eigenvalue weighted by atomic mass is 10.1. The number of hydrogen-bond donors (Lipinski definition) is 10. The summed E-state index contributed by atoms with van der Waals surface area (Å²) in [5.74, 6) is 0.0129. The van der Waals surface area contributed by atoms with Gasteiger partial charge in [0.25, 0.3) is 15.7 Å². The van der Waals surface area contributed by atoms with Crippen LogP contribution in [0.2, 0.25) is 40.2 Å². The number of rotatable bonds is 16. The first-order chi connectivity index (χ1) is 62.6. The molecule has 2 aliphatic heterocycles. The molecule has 49 heteroatoms. The van der Waals surface area contributed by atoms with Gasteiger partial charge in [0.2, 0.25) is 9.23 Å². The van der Waals surface area contributed by atoms with Crippen molar-refractivity contribution >= 4 is 229 Å². The van der Waals surface area contributed by atoms with E-state index in [9.17, 15) is 50.6 Å². The van der Waals surface area contributed by atoms with Crippen molar-refractivity contribution in [2.24, 2.45) is 0 Å². The summed E-state index contributed by atoms with van der Waals surface area (Å²) in [5.41, 5.74) is 7.86. The maximum atomic E-state index is 14.5. The highest BCUT2D eigenvalue weighted by Crippen LogP contribution is 2.42. The molecule has 6 heterocycles. The third-order valence-corrected chi connectivity index (χ3v) is 22.6. The van der Waals surface area contributed by atoms with Crippen LogP contribution in [0.5, 0.6) is 46.0 Å². The number of aliphatic hydroxyl groups is 1. The predicted octanol–water partition coefficient (Wildman–Crippen LogP) is 20.7. The van der Waals surface area contributed by atoms with Crippen LogP contribution in [0.4, 0.5) is 62.6 Å². The molecule has 33 nitrogen and oxygen atoms in total. The van der Waals surface area contributed by atoms with Crippen molar-refractivity contribution < 1.29 is 97.9 Å². The number of piperidine rings is 2. The standard InChI is InChI=1S/C20H19Cl2FN4O2.C17H25NO5S.2C15H10Cl2FN3O2.C11H10N2O4.C6H4Cl2FN.CH4O.Cl2OS.H3N.H2O/c1-28-16-9-15-12(8-17(16)29-11-4-6-24-7-5-11)20(26-10-25-15)27-14-3-2-13(21)18(22)19(14)23;1-13-5-7-15(8-6-13)24(20,21)23-14-9-11-18(12-10-14)16(19)22-17(2,3)4;2*1-23-12-5-10-7(4-11(12)22)15(20-6-19-10)21-9-3-2-8(16)13(17)14(9)18;1-6(14)17-10-3-7-8(4-9(10)16-2)12-5-13-11(7)15;7-3-1-2-4(10)6(9)5(3)8;1-2;1-4(2)3;;/h2-3,8-11,24H,4-7H2,1H3,(H,25,26,27);5-8,14H,9-12H2,1-4H3;2*2-6,22H,1H3,(H,19,20,21);3-5H,1-2H3,(H,12,13,15);1-2H,10H2;2H,1H3;;1H3;1H2. The van der Waals surface area contributed by atoms with E-state index in [4.69, 9.17) is 145 Å². The van der Waals surface area contributed by atoms with E-state index >= 15 is 0 Å². The summed E-state index contributed by atoms with van der Waals surface area (Å²) < 4.78 is 132. The molecule has 720 valence electrons. The number of ether oxygens (including phenoxy) is 7. The van der Waals surface area contributed by atoms with Gasteiger partial charge in [-0.2, -0.15) is 8.42 Å². The fraction of sp³-hybridized carbons (Fsp3) is 0.247. The van der Waals surface area contributed by atoms with Gasteiger partial charge in [-0.3, -0.25) is 13.8 Å². The highest BCUT2D eigenvalue weighted by atomic mass is 36.0. The molecule has 2 fully saturated rings. The smallest absolute Gasteiger partial charge is 0.410 e. The first-order valence-corrected chi connectivity index (χ1v) is 45.6. The maximum absolute atomic E-state index is 14.5. The van der Waals surface area contributed by atoms with E-state index in [-0.39, 0.29) is 126 Å². The largest absolute Gasteiger partial charge is 0.504 e. The number of benzene rings is 9. The Bertz CT molecular complexity index is 6300. The molecular formula is C85H87Cl10F4N15O18S2. The molecule has 13 aromatic rings. The Kier molecular flexibility index (Phi) is 43.7. The number of aryl methyl sites for hydroxylation is 1. The lowest BCUT2D eigenvalue weighted by Gasteiger charge is -2.33.